The molecule has 0 fully saturated rings. The van der Waals surface area contributed by atoms with Crippen LogP contribution in [0, 0.1) is 0 Å². The average molecular weight is 226 g/mol. The Morgan fingerprint density at radius 1 is 1.27 bits per heavy atom. The molecule has 0 atom stereocenters. The molecule has 1 aromatic heterocycles. The van der Waals surface area contributed by atoms with Gasteiger partial charge in [-0.1, -0.05) is 11.6 Å². The molecule has 2 aromatic rings. The van der Waals surface area contributed by atoms with Gasteiger partial charge in [-0.2, -0.15) is 0 Å². The Kier molecular flexibility index (Phi) is 2.24. The smallest absolute Gasteiger partial charge is 0.326 e. The van der Waals surface area contributed by atoms with Gasteiger partial charge in [0.1, 0.15) is 0 Å². The molecule has 5 nitrogen and oxygen atoms in total. The quantitative estimate of drug-likeness (QED) is 0.675. The van der Waals surface area contributed by atoms with Crippen LogP contribution in [0.5, 0.6) is 0 Å². The van der Waals surface area contributed by atoms with Crippen LogP contribution >= 0.6 is 11.6 Å². The molecule has 15 heavy (non-hydrogen) atoms. The summed E-state index contributed by atoms with van der Waals surface area (Å²) in [5, 5.41) is 3.65. The fourth-order valence-electron chi connectivity index (χ4n) is 1.38. The van der Waals surface area contributed by atoms with E-state index < -0.39 is 11.2 Å². The van der Waals surface area contributed by atoms with Crippen LogP contribution in [0.2, 0.25) is 5.02 Å². The van der Waals surface area contributed by atoms with Crippen molar-refractivity contribution in [2.24, 2.45) is 0 Å². The van der Waals surface area contributed by atoms with Gasteiger partial charge in [-0.15, -0.1) is 0 Å². The van der Waals surface area contributed by atoms with E-state index >= 15 is 0 Å². The first-order valence-corrected chi connectivity index (χ1v) is 4.63. The molecular formula is C9H8ClN3O2. The van der Waals surface area contributed by atoms with Crippen LogP contribution in [-0.2, 0) is 0 Å². The van der Waals surface area contributed by atoms with Crippen molar-refractivity contribution in [3.05, 3.63) is 38.0 Å². The second kappa shape index (κ2) is 3.43. The zero-order valence-corrected chi connectivity index (χ0v) is 8.61. The Bertz CT molecular complexity index is 629. The van der Waals surface area contributed by atoms with E-state index in [0.717, 1.165) is 0 Å². The average Bonchev–Trinajstić information content (AvgIpc) is 2.18. The normalized spacial score (nSPS) is 10.5. The van der Waals surface area contributed by atoms with Crippen LogP contribution < -0.4 is 16.6 Å². The lowest BCUT2D eigenvalue weighted by Crippen LogP contribution is -2.21. The number of fused-ring (bicyclic) bond motifs is 1. The lowest BCUT2D eigenvalue weighted by molar-refractivity contribution is 1.08. The SMILES string of the molecule is CNc1cc2[nH]c(=O)[nH]c(=O)c2cc1Cl. The van der Waals surface area contributed by atoms with E-state index in [-0.39, 0.29) is 0 Å². The van der Waals surface area contributed by atoms with Gasteiger partial charge in [0.25, 0.3) is 5.56 Å². The molecule has 1 aromatic carbocycles. The molecule has 0 saturated heterocycles. The van der Waals surface area contributed by atoms with Crippen LogP contribution in [0.1, 0.15) is 0 Å². The summed E-state index contributed by atoms with van der Waals surface area (Å²) in [6.45, 7) is 0. The molecule has 2 rings (SSSR count). The van der Waals surface area contributed by atoms with Gasteiger partial charge in [-0.25, -0.2) is 4.79 Å². The van der Waals surface area contributed by atoms with Gasteiger partial charge >= 0.3 is 5.69 Å². The maximum Gasteiger partial charge on any atom is 0.326 e. The van der Waals surface area contributed by atoms with E-state index in [4.69, 9.17) is 11.6 Å². The summed E-state index contributed by atoms with van der Waals surface area (Å²) in [6, 6.07) is 3.13. The second-order valence-corrected chi connectivity index (χ2v) is 3.44. The Hall–Kier alpha value is -1.75. The van der Waals surface area contributed by atoms with Crippen molar-refractivity contribution in [3.63, 3.8) is 0 Å². The molecule has 0 bridgehead atoms. The number of aromatic nitrogens is 2. The van der Waals surface area contributed by atoms with Crippen molar-refractivity contribution in [2.75, 3.05) is 12.4 Å². The monoisotopic (exact) mass is 225 g/mol. The minimum Gasteiger partial charge on any atom is -0.387 e. The van der Waals surface area contributed by atoms with Crippen molar-refractivity contribution >= 4 is 28.2 Å². The zero-order valence-electron chi connectivity index (χ0n) is 7.85. The Labute approximate surface area is 89.1 Å². The topological polar surface area (TPSA) is 77.8 Å². The minimum atomic E-state index is -0.531. The number of rotatable bonds is 1. The Morgan fingerprint density at radius 3 is 2.67 bits per heavy atom. The highest BCUT2D eigenvalue weighted by molar-refractivity contribution is 6.34. The number of benzene rings is 1. The fraction of sp³-hybridized carbons (Fsp3) is 0.111. The fourth-order valence-corrected chi connectivity index (χ4v) is 1.64. The van der Waals surface area contributed by atoms with Gasteiger partial charge in [-0.3, -0.25) is 9.78 Å². The molecular weight excluding hydrogens is 218 g/mol. The molecule has 0 aliphatic rings. The van der Waals surface area contributed by atoms with Crippen molar-refractivity contribution in [1.29, 1.82) is 0 Å². The number of hydrogen-bond acceptors (Lipinski definition) is 3. The van der Waals surface area contributed by atoms with Crippen molar-refractivity contribution in [2.45, 2.75) is 0 Å². The number of halogens is 1. The molecule has 1 heterocycles. The summed E-state index contributed by atoms with van der Waals surface area (Å²) in [6.07, 6.45) is 0. The van der Waals surface area contributed by atoms with Crippen molar-refractivity contribution < 1.29 is 0 Å². The summed E-state index contributed by atoms with van der Waals surface area (Å²) < 4.78 is 0. The van der Waals surface area contributed by atoms with Crippen LogP contribution in [0.4, 0.5) is 5.69 Å². The number of nitrogens with one attached hydrogen (secondary N) is 3. The second-order valence-electron chi connectivity index (χ2n) is 3.04. The van der Waals surface area contributed by atoms with Crippen molar-refractivity contribution in [1.82, 2.24) is 9.97 Å². The summed E-state index contributed by atoms with van der Waals surface area (Å²) >= 11 is 5.91. The van der Waals surface area contributed by atoms with Crippen LogP contribution in [-0.4, -0.2) is 17.0 Å². The van der Waals surface area contributed by atoms with Gasteiger partial charge in [0.2, 0.25) is 0 Å². The van der Waals surface area contributed by atoms with E-state index in [1.165, 1.54) is 6.07 Å². The van der Waals surface area contributed by atoms with E-state index in [9.17, 15) is 9.59 Å². The largest absolute Gasteiger partial charge is 0.387 e. The molecule has 6 heteroatoms. The third-order valence-corrected chi connectivity index (χ3v) is 2.41. The summed E-state index contributed by atoms with van der Waals surface area (Å²) in [4.78, 5) is 27.1. The third-order valence-electron chi connectivity index (χ3n) is 2.10. The predicted molar refractivity (Wildman–Crippen MR) is 59.7 cm³/mol. The van der Waals surface area contributed by atoms with Crippen LogP contribution in [0.15, 0.2) is 21.7 Å². The molecule has 0 aliphatic carbocycles. The third kappa shape index (κ3) is 1.61. The van der Waals surface area contributed by atoms with Gasteiger partial charge in [0.15, 0.2) is 0 Å². The first-order valence-electron chi connectivity index (χ1n) is 4.25. The van der Waals surface area contributed by atoms with Crippen molar-refractivity contribution in [3.8, 4) is 0 Å². The maximum absolute atomic E-state index is 11.4. The lowest BCUT2D eigenvalue weighted by atomic mass is 10.2. The van der Waals surface area contributed by atoms with Crippen LogP contribution in [0.3, 0.4) is 0 Å². The maximum atomic E-state index is 11.4. The lowest BCUT2D eigenvalue weighted by Gasteiger charge is -2.04. The molecule has 3 N–H and O–H groups in total. The summed E-state index contributed by atoms with van der Waals surface area (Å²) in [5.41, 5.74) is 0.137. The Balaban J connectivity index is 2.93. The van der Waals surface area contributed by atoms with Crippen LogP contribution in [0.25, 0.3) is 10.9 Å². The molecule has 0 amide bonds. The number of H-pyrrole nitrogens is 2. The minimum absolute atomic E-state index is 0.360. The number of aromatic amines is 2. The highest BCUT2D eigenvalue weighted by Crippen LogP contribution is 2.24. The first-order chi connectivity index (χ1) is 7.11. The van der Waals surface area contributed by atoms with E-state index in [1.807, 2.05) is 0 Å². The van der Waals surface area contributed by atoms with E-state index in [2.05, 4.69) is 15.3 Å². The molecule has 0 saturated carbocycles. The highest BCUT2D eigenvalue weighted by atomic mass is 35.5. The number of anilines is 1. The summed E-state index contributed by atoms with van der Waals surface area (Å²) in [5.74, 6) is 0. The molecule has 0 radical (unpaired) electrons. The van der Waals surface area contributed by atoms with Gasteiger partial charge in [-0.05, 0) is 12.1 Å². The van der Waals surface area contributed by atoms with E-state index in [0.29, 0.717) is 21.6 Å². The van der Waals surface area contributed by atoms with Gasteiger partial charge in [0.05, 0.1) is 21.6 Å². The predicted octanol–water partition coefficient (Wildman–Crippen LogP) is 0.911. The zero-order chi connectivity index (χ0) is 11.0. The first kappa shape index (κ1) is 9.79. The van der Waals surface area contributed by atoms with Gasteiger partial charge in [0, 0.05) is 7.05 Å². The number of hydrogen-bond donors (Lipinski definition) is 3. The summed E-state index contributed by atoms with van der Waals surface area (Å²) in [7, 11) is 1.71. The highest BCUT2D eigenvalue weighted by Gasteiger charge is 2.05. The van der Waals surface area contributed by atoms with Gasteiger partial charge < -0.3 is 10.3 Å². The standard InChI is InChI=1S/C9H8ClN3O2/c1-11-7-3-6-4(2-5(7)10)8(14)13-9(15)12-6/h2-3,11H,1H3,(H2,12,13,14,15). The van der Waals surface area contributed by atoms with E-state index in [1.54, 1.807) is 13.1 Å². The molecule has 0 spiro atoms. The molecule has 0 aliphatic heterocycles. The molecule has 78 valence electrons. The Morgan fingerprint density at radius 2 is 2.00 bits per heavy atom. The molecule has 0 unspecified atom stereocenters.